The summed E-state index contributed by atoms with van der Waals surface area (Å²) >= 11 is -2.39. The van der Waals surface area contributed by atoms with Gasteiger partial charge < -0.3 is 14.2 Å². The second-order valence-corrected chi connectivity index (χ2v) is 7.82. The Kier molecular flexibility index (Phi) is 6.43. The number of halogens is 1. The number of hydrogen-bond acceptors (Lipinski definition) is 4. The highest BCUT2D eigenvalue weighted by molar-refractivity contribution is 7.80. The molecule has 6 nitrogen and oxygen atoms in total. The Morgan fingerprint density at radius 2 is 1.68 bits per heavy atom. The van der Waals surface area contributed by atoms with Crippen LogP contribution in [0, 0.1) is 5.82 Å². The molecular weight excluding hydrogens is 381 g/mol. The van der Waals surface area contributed by atoms with Gasteiger partial charge in [-0.2, -0.15) is 0 Å². The van der Waals surface area contributed by atoms with Crippen molar-refractivity contribution in [1.82, 2.24) is 9.80 Å². The van der Waals surface area contributed by atoms with Gasteiger partial charge in [-0.1, -0.05) is 12.1 Å². The first-order valence-electron chi connectivity index (χ1n) is 9.09. The molecule has 3 atom stereocenters. The quantitative estimate of drug-likeness (QED) is 0.778. The predicted octanol–water partition coefficient (Wildman–Crippen LogP) is 2.77. The SMILES string of the molecule is CC1CN(Cc2ccc(F)cc2)CC(C)N1C(=O)c1ccc(NS(=O)[O-])cc1. The Bertz CT molecular complexity index is 833. The highest BCUT2D eigenvalue weighted by atomic mass is 32.2. The van der Waals surface area contributed by atoms with Crippen LogP contribution < -0.4 is 4.72 Å². The maximum atomic E-state index is 13.1. The lowest BCUT2D eigenvalue weighted by atomic mass is 10.0. The van der Waals surface area contributed by atoms with Crippen LogP contribution in [0.3, 0.4) is 0 Å². The fourth-order valence-electron chi connectivity index (χ4n) is 3.74. The molecule has 150 valence electrons. The summed E-state index contributed by atoms with van der Waals surface area (Å²) in [7, 11) is 0. The van der Waals surface area contributed by atoms with Gasteiger partial charge >= 0.3 is 0 Å². The van der Waals surface area contributed by atoms with Crippen LogP contribution in [0.25, 0.3) is 0 Å². The van der Waals surface area contributed by atoms with Crippen LogP contribution in [-0.2, 0) is 17.8 Å². The van der Waals surface area contributed by atoms with Gasteiger partial charge in [-0.05, 0) is 55.8 Å². The van der Waals surface area contributed by atoms with E-state index in [1.807, 2.05) is 18.7 Å². The minimum Gasteiger partial charge on any atom is -0.755 e. The minimum atomic E-state index is -2.39. The molecule has 3 rings (SSSR count). The number of nitrogens with one attached hydrogen (secondary N) is 1. The molecule has 0 aliphatic carbocycles. The lowest BCUT2D eigenvalue weighted by Crippen LogP contribution is -2.58. The molecule has 2 aromatic carbocycles. The molecule has 1 saturated heterocycles. The van der Waals surface area contributed by atoms with Crippen molar-refractivity contribution in [3.05, 3.63) is 65.5 Å². The zero-order chi connectivity index (χ0) is 20.3. The molecule has 0 bridgehead atoms. The molecule has 0 saturated carbocycles. The molecular formula is C20H23FN3O3S-. The maximum absolute atomic E-state index is 13.1. The summed E-state index contributed by atoms with van der Waals surface area (Å²) in [6.45, 7) is 6.19. The largest absolute Gasteiger partial charge is 0.755 e. The average Bonchev–Trinajstić information content (AvgIpc) is 2.63. The number of anilines is 1. The minimum absolute atomic E-state index is 0.0173. The van der Waals surface area contributed by atoms with Crippen molar-refractivity contribution in [2.45, 2.75) is 32.5 Å². The smallest absolute Gasteiger partial charge is 0.254 e. The van der Waals surface area contributed by atoms with Gasteiger partial charge in [0.25, 0.3) is 5.91 Å². The van der Waals surface area contributed by atoms with E-state index in [1.165, 1.54) is 12.1 Å². The molecule has 0 radical (unpaired) electrons. The van der Waals surface area contributed by atoms with Gasteiger partial charge in [0.15, 0.2) is 0 Å². The Labute approximate surface area is 166 Å². The van der Waals surface area contributed by atoms with E-state index >= 15 is 0 Å². The number of nitrogens with zero attached hydrogens (tertiary/aromatic N) is 2. The van der Waals surface area contributed by atoms with Crippen molar-refractivity contribution in [2.75, 3.05) is 17.8 Å². The van der Waals surface area contributed by atoms with E-state index in [-0.39, 0.29) is 23.8 Å². The summed E-state index contributed by atoms with van der Waals surface area (Å²) in [5, 5.41) is 0. The fourth-order valence-corrected chi connectivity index (χ4v) is 4.06. The summed E-state index contributed by atoms with van der Waals surface area (Å²) in [6, 6.07) is 12.9. The number of amides is 1. The average molecular weight is 404 g/mol. The van der Waals surface area contributed by atoms with Crippen LogP contribution in [0.1, 0.15) is 29.8 Å². The van der Waals surface area contributed by atoms with Crippen molar-refractivity contribution in [1.29, 1.82) is 0 Å². The normalized spacial score (nSPS) is 21.4. The van der Waals surface area contributed by atoms with Gasteiger partial charge in [0.2, 0.25) is 0 Å². The van der Waals surface area contributed by atoms with Crippen LogP contribution in [0.5, 0.6) is 0 Å². The molecule has 2 aromatic rings. The number of carbonyl (C=O) groups excluding carboxylic acids is 1. The van der Waals surface area contributed by atoms with Crippen molar-refractivity contribution < 1.29 is 17.9 Å². The van der Waals surface area contributed by atoms with Crippen LogP contribution in [0.15, 0.2) is 48.5 Å². The first-order chi connectivity index (χ1) is 13.3. The highest BCUT2D eigenvalue weighted by Crippen LogP contribution is 2.21. The Hall–Kier alpha value is -2.29. The molecule has 1 N–H and O–H groups in total. The topological polar surface area (TPSA) is 75.7 Å². The Balaban J connectivity index is 1.65. The molecule has 28 heavy (non-hydrogen) atoms. The van der Waals surface area contributed by atoms with Gasteiger partial charge in [0.05, 0.1) is 0 Å². The van der Waals surface area contributed by atoms with Crippen LogP contribution in [0.2, 0.25) is 0 Å². The molecule has 1 fully saturated rings. The van der Waals surface area contributed by atoms with E-state index < -0.39 is 11.3 Å². The number of rotatable bonds is 5. The summed E-state index contributed by atoms with van der Waals surface area (Å²) in [6.07, 6.45) is 0. The van der Waals surface area contributed by atoms with Crippen LogP contribution in [0.4, 0.5) is 10.1 Å². The summed E-state index contributed by atoms with van der Waals surface area (Å²) in [5.74, 6) is -0.320. The summed E-state index contributed by atoms with van der Waals surface area (Å²) in [4.78, 5) is 17.1. The van der Waals surface area contributed by atoms with Crippen LogP contribution >= 0.6 is 0 Å². The molecule has 1 aliphatic heterocycles. The Morgan fingerprint density at radius 3 is 2.21 bits per heavy atom. The molecule has 1 heterocycles. The molecule has 0 spiro atoms. The molecule has 1 amide bonds. The van der Waals surface area contributed by atoms with E-state index in [2.05, 4.69) is 9.62 Å². The number of piperazine rings is 1. The van der Waals surface area contributed by atoms with Gasteiger partial charge in [0, 0.05) is 54.2 Å². The van der Waals surface area contributed by atoms with E-state index in [9.17, 15) is 17.9 Å². The van der Waals surface area contributed by atoms with E-state index in [1.54, 1.807) is 36.4 Å². The Morgan fingerprint density at radius 1 is 1.11 bits per heavy atom. The zero-order valence-electron chi connectivity index (χ0n) is 15.8. The van der Waals surface area contributed by atoms with Gasteiger partial charge in [0.1, 0.15) is 5.82 Å². The zero-order valence-corrected chi connectivity index (χ0v) is 16.6. The second kappa shape index (κ2) is 8.81. The number of benzene rings is 2. The van der Waals surface area contributed by atoms with Crippen molar-refractivity contribution in [2.24, 2.45) is 0 Å². The van der Waals surface area contributed by atoms with Crippen molar-refractivity contribution >= 4 is 22.9 Å². The molecule has 1 aliphatic rings. The molecule has 8 heteroatoms. The third kappa shape index (κ3) is 4.95. The van der Waals surface area contributed by atoms with Crippen LogP contribution in [-0.4, -0.2) is 49.6 Å². The third-order valence-electron chi connectivity index (χ3n) is 4.88. The van der Waals surface area contributed by atoms with E-state index in [0.717, 1.165) is 18.7 Å². The monoisotopic (exact) mass is 404 g/mol. The van der Waals surface area contributed by atoms with Crippen molar-refractivity contribution in [3.63, 3.8) is 0 Å². The highest BCUT2D eigenvalue weighted by Gasteiger charge is 2.33. The standard InChI is InChI=1S/C20H24FN3O3S/c1-14-11-23(13-16-3-7-18(21)8-4-16)12-15(2)24(14)20(25)17-5-9-19(10-6-17)22-28(26)27/h3-10,14-15,22H,11-13H2,1-2H3,(H,26,27)/p-1. The predicted molar refractivity (Wildman–Crippen MR) is 106 cm³/mol. The number of hydrogen-bond donors (Lipinski definition) is 1. The summed E-state index contributed by atoms with van der Waals surface area (Å²) in [5.41, 5.74) is 1.97. The van der Waals surface area contributed by atoms with Crippen molar-refractivity contribution in [3.8, 4) is 0 Å². The van der Waals surface area contributed by atoms with Gasteiger partial charge in [-0.3, -0.25) is 13.9 Å². The van der Waals surface area contributed by atoms with Gasteiger partial charge in [-0.15, -0.1) is 0 Å². The van der Waals surface area contributed by atoms with E-state index in [4.69, 9.17) is 0 Å². The molecule has 0 aromatic heterocycles. The third-order valence-corrected chi connectivity index (χ3v) is 5.28. The van der Waals surface area contributed by atoms with Gasteiger partial charge in [-0.25, -0.2) is 4.39 Å². The first kappa shape index (κ1) is 20.4. The lowest BCUT2D eigenvalue weighted by molar-refractivity contribution is 0.0268. The number of carbonyl (C=O) groups is 1. The first-order valence-corrected chi connectivity index (χ1v) is 10.2. The summed E-state index contributed by atoms with van der Waals surface area (Å²) < 4.78 is 36.7. The second-order valence-electron chi connectivity index (χ2n) is 7.15. The fraction of sp³-hybridized carbons (Fsp3) is 0.350. The van der Waals surface area contributed by atoms with E-state index in [0.29, 0.717) is 17.8 Å². The molecule has 3 unspecified atom stereocenters. The lowest BCUT2D eigenvalue weighted by Gasteiger charge is -2.44. The maximum Gasteiger partial charge on any atom is 0.254 e.